The molecule has 3 aromatic rings. The molecule has 2 aromatic heterocycles. The quantitative estimate of drug-likeness (QED) is 0.575. The molecule has 5 rings (SSSR count). The first-order chi connectivity index (χ1) is 13.5. The van der Waals surface area contributed by atoms with Crippen LogP contribution >= 0.6 is 15.9 Å². The first-order valence-corrected chi connectivity index (χ1v) is 9.05. The van der Waals surface area contributed by atoms with E-state index >= 15 is 0 Å². The smallest absolute Gasteiger partial charge is 0.283 e. The second-order valence-corrected chi connectivity index (χ2v) is 7.18. The number of hydrogen-bond acceptors (Lipinski definition) is 6. The van der Waals surface area contributed by atoms with Gasteiger partial charge in [-0.25, -0.2) is 15.0 Å². The number of amidine groups is 1. The molecule has 1 atom stereocenters. The molecular weight excluding hydrogens is 434 g/mol. The summed E-state index contributed by atoms with van der Waals surface area (Å²) in [4.78, 5) is 11.9. The molecule has 1 aromatic carbocycles. The highest BCUT2D eigenvalue weighted by Gasteiger charge is 2.48. The second-order valence-electron chi connectivity index (χ2n) is 6.37. The number of aromatic nitrogens is 2. The van der Waals surface area contributed by atoms with E-state index in [1.807, 2.05) is 0 Å². The van der Waals surface area contributed by atoms with E-state index in [2.05, 4.69) is 30.9 Å². The van der Waals surface area contributed by atoms with Crippen molar-refractivity contribution in [2.24, 2.45) is 10.7 Å². The van der Waals surface area contributed by atoms with E-state index in [1.165, 1.54) is 6.20 Å². The van der Waals surface area contributed by atoms with E-state index in [-0.39, 0.29) is 23.0 Å². The number of pyridine rings is 2. The molecule has 6 nitrogen and oxygen atoms in total. The van der Waals surface area contributed by atoms with Gasteiger partial charge in [0.15, 0.2) is 11.3 Å². The van der Waals surface area contributed by atoms with Crippen molar-refractivity contribution < 1.29 is 18.3 Å². The van der Waals surface area contributed by atoms with Gasteiger partial charge in [0, 0.05) is 22.9 Å². The van der Waals surface area contributed by atoms with Gasteiger partial charge in [0.25, 0.3) is 12.0 Å². The average Bonchev–Trinajstić information content (AvgIpc) is 3.06. The fraction of sp³-hybridized carbons (Fsp3) is 0.105. The summed E-state index contributed by atoms with van der Waals surface area (Å²) in [6, 6.07) is 9.90. The van der Waals surface area contributed by atoms with Crippen LogP contribution in [-0.2, 0) is 10.3 Å². The minimum Gasteiger partial charge on any atom is -0.462 e. The summed E-state index contributed by atoms with van der Waals surface area (Å²) in [5.41, 5.74) is 6.57. The van der Waals surface area contributed by atoms with Crippen molar-refractivity contribution in [2.45, 2.75) is 5.54 Å². The van der Waals surface area contributed by atoms with Gasteiger partial charge in [-0.1, -0.05) is 6.07 Å². The third kappa shape index (κ3) is 2.39. The Bertz CT molecular complexity index is 1170. The fourth-order valence-corrected chi connectivity index (χ4v) is 3.93. The van der Waals surface area contributed by atoms with Crippen LogP contribution in [-0.4, -0.2) is 22.6 Å². The van der Waals surface area contributed by atoms with Gasteiger partial charge in [-0.3, -0.25) is 0 Å². The lowest BCUT2D eigenvalue weighted by molar-refractivity contribution is 0.261. The molecule has 0 bridgehead atoms. The molecule has 28 heavy (non-hydrogen) atoms. The Balaban J connectivity index is 1.78. The van der Waals surface area contributed by atoms with Gasteiger partial charge in [0.2, 0.25) is 5.95 Å². The zero-order chi connectivity index (χ0) is 19.5. The largest absolute Gasteiger partial charge is 0.462 e. The lowest BCUT2D eigenvalue weighted by Gasteiger charge is -2.33. The Morgan fingerprint density at radius 2 is 1.96 bits per heavy atom. The van der Waals surface area contributed by atoms with Crippen LogP contribution in [0.3, 0.4) is 0 Å². The highest BCUT2D eigenvalue weighted by molar-refractivity contribution is 9.10. The number of ether oxygens (including phenoxy) is 2. The molecule has 0 amide bonds. The summed E-state index contributed by atoms with van der Waals surface area (Å²) in [6.45, 7) is 0.0526. The summed E-state index contributed by atoms with van der Waals surface area (Å²) >= 11 is 3.20. The van der Waals surface area contributed by atoms with Gasteiger partial charge in [0.1, 0.15) is 17.0 Å². The molecule has 0 fully saturated rings. The van der Waals surface area contributed by atoms with Crippen LogP contribution in [0.25, 0.3) is 11.1 Å². The minimum atomic E-state index is -1.13. The van der Waals surface area contributed by atoms with Crippen molar-refractivity contribution >= 4 is 22.0 Å². The SMILES string of the molecule is NC1=NC2(CO1)c1cc(-c3cccnc3F)ccc1Oc1c2cc(Br)nc1F. The maximum atomic E-state index is 14.5. The Kier molecular flexibility index (Phi) is 3.63. The normalized spacial score (nSPS) is 19.5. The van der Waals surface area contributed by atoms with Crippen LogP contribution in [0, 0.1) is 11.9 Å². The summed E-state index contributed by atoms with van der Waals surface area (Å²) in [5.74, 6) is -1.06. The predicted octanol–water partition coefficient (Wildman–Crippen LogP) is 3.88. The number of hydrogen-bond donors (Lipinski definition) is 1. The zero-order valence-electron chi connectivity index (χ0n) is 14.1. The molecule has 2 aliphatic rings. The Labute approximate surface area is 166 Å². The van der Waals surface area contributed by atoms with Gasteiger partial charge < -0.3 is 15.2 Å². The van der Waals surface area contributed by atoms with Crippen LogP contribution in [0.2, 0.25) is 0 Å². The predicted molar refractivity (Wildman–Crippen MR) is 100.0 cm³/mol. The van der Waals surface area contributed by atoms with Crippen molar-refractivity contribution in [3.63, 3.8) is 0 Å². The molecule has 140 valence electrons. The van der Waals surface area contributed by atoms with Crippen LogP contribution in [0.1, 0.15) is 11.1 Å². The van der Waals surface area contributed by atoms with Crippen LogP contribution < -0.4 is 10.5 Å². The molecule has 1 unspecified atom stereocenters. The monoisotopic (exact) mass is 444 g/mol. The highest BCUT2D eigenvalue weighted by atomic mass is 79.9. The van der Waals surface area contributed by atoms with E-state index < -0.39 is 17.4 Å². The topological polar surface area (TPSA) is 82.6 Å². The molecule has 0 saturated carbocycles. The molecular formula is C19H11BrF2N4O2. The van der Waals surface area contributed by atoms with Crippen molar-refractivity contribution in [2.75, 3.05) is 6.61 Å². The minimum absolute atomic E-state index is 0.0231. The lowest BCUT2D eigenvalue weighted by Crippen LogP contribution is -2.31. The summed E-state index contributed by atoms with van der Waals surface area (Å²) in [7, 11) is 0. The summed E-state index contributed by atoms with van der Waals surface area (Å²) < 4.78 is 40.2. The third-order valence-corrected chi connectivity index (χ3v) is 5.19. The number of aliphatic imine (C=N–C) groups is 1. The van der Waals surface area contributed by atoms with Crippen LogP contribution in [0.15, 0.2) is 52.2 Å². The molecule has 9 heteroatoms. The number of fused-ring (bicyclic) bond motifs is 4. The van der Waals surface area contributed by atoms with Gasteiger partial charge in [0.05, 0.1) is 0 Å². The van der Waals surface area contributed by atoms with Crippen molar-refractivity contribution in [3.05, 3.63) is 70.2 Å². The van der Waals surface area contributed by atoms with Gasteiger partial charge in [-0.15, -0.1) is 0 Å². The standard InChI is InChI=1S/C19H11BrF2N4O2/c20-14-7-12-15(17(22)25-14)28-13-4-3-9(10-2-1-5-24-16(10)21)6-11(13)19(12)8-27-18(23)26-19/h1-7H,8H2,(H2,23,26). The molecule has 2 N–H and O–H groups in total. The van der Waals surface area contributed by atoms with Crippen molar-refractivity contribution in [3.8, 4) is 22.6 Å². The second kappa shape index (κ2) is 5.96. The number of nitrogens with zero attached hydrogens (tertiary/aromatic N) is 3. The van der Waals surface area contributed by atoms with Crippen molar-refractivity contribution in [1.29, 1.82) is 0 Å². The number of halogens is 3. The maximum Gasteiger partial charge on any atom is 0.283 e. The maximum absolute atomic E-state index is 14.5. The molecule has 2 aliphatic heterocycles. The lowest BCUT2D eigenvalue weighted by atomic mass is 9.81. The van der Waals surface area contributed by atoms with E-state index in [0.717, 1.165) is 0 Å². The zero-order valence-corrected chi connectivity index (χ0v) is 15.7. The van der Waals surface area contributed by atoms with Gasteiger partial charge >= 0.3 is 0 Å². The number of nitrogens with two attached hydrogens (primary N) is 1. The van der Waals surface area contributed by atoms with Gasteiger partial charge in [-0.05, 0) is 51.8 Å². The van der Waals surface area contributed by atoms with Crippen LogP contribution in [0.5, 0.6) is 11.5 Å². The highest BCUT2D eigenvalue weighted by Crippen LogP contribution is 2.52. The first kappa shape index (κ1) is 17.1. The Hall–Kier alpha value is -3.07. The molecule has 0 radical (unpaired) electrons. The Morgan fingerprint density at radius 3 is 2.71 bits per heavy atom. The molecule has 0 aliphatic carbocycles. The molecule has 4 heterocycles. The van der Waals surface area contributed by atoms with Crippen LogP contribution in [0.4, 0.5) is 8.78 Å². The van der Waals surface area contributed by atoms with Crippen molar-refractivity contribution in [1.82, 2.24) is 9.97 Å². The summed E-state index contributed by atoms with van der Waals surface area (Å²) in [6.07, 6.45) is 1.38. The third-order valence-electron chi connectivity index (χ3n) is 4.78. The fourth-order valence-electron chi connectivity index (χ4n) is 3.55. The molecule has 0 saturated heterocycles. The number of benzene rings is 1. The van der Waals surface area contributed by atoms with E-state index in [1.54, 1.807) is 36.4 Å². The first-order valence-electron chi connectivity index (χ1n) is 8.26. The number of rotatable bonds is 1. The van der Waals surface area contributed by atoms with E-state index in [0.29, 0.717) is 28.0 Å². The molecule has 1 spiro atoms. The van der Waals surface area contributed by atoms with E-state index in [9.17, 15) is 8.78 Å². The van der Waals surface area contributed by atoms with Gasteiger partial charge in [-0.2, -0.15) is 8.78 Å². The Morgan fingerprint density at radius 1 is 1.11 bits per heavy atom. The summed E-state index contributed by atoms with van der Waals surface area (Å²) in [5, 5.41) is 0. The van der Waals surface area contributed by atoms with E-state index in [4.69, 9.17) is 15.2 Å². The average molecular weight is 445 g/mol.